The summed E-state index contributed by atoms with van der Waals surface area (Å²) in [5, 5.41) is 0. The Morgan fingerprint density at radius 2 is 1.66 bits per heavy atom. The third kappa shape index (κ3) is 3.12. The van der Waals surface area contributed by atoms with E-state index in [1.807, 2.05) is 53.4 Å². The van der Waals surface area contributed by atoms with E-state index in [2.05, 4.69) is 29.0 Å². The van der Waals surface area contributed by atoms with Gasteiger partial charge in [0.25, 0.3) is 5.91 Å². The van der Waals surface area contributed by atoms with Crippen LogP contribution in [-0.4, -0.2) is 34.4 Å². The standard InChI is InChI=1S/C24H23N3O2/c28-22-9-5-15-26(22)20-12-10-19(11-13-20)24(29)27-17-16-25-14-4-8-21(25)23(27)18-6-2-1-3-7-18/h1-4,6-8,10-14,23H,5,9,15-17H2/t23-/m1/s1. The largest absolute Gasteiger partial charge is 0.348 e. The molecule has 2 aliphatic rings. The van der Waals surface area contributed by atoms with E-state index < -0.39 is 0 Å². The number of amides is 2. The molecule has 0 N–H and O–H groups in total. The van der Waals surface area contributed by atoms with Gasteiger partial charge in [-0.25, -0.2) is 0 Å². The van der Waals surface area contributed by atoms with E-state index in [4.69, 9.17) is 0 Å². The summed E-state index contributed by atoms with van der Waals surface area (Å²) < 4.78 is 2.23. The van der Waals surface area contributed by atoms with Gasteiger partial charge in [0.05, 0.1) is 6.04 Å². The molecule has 5 nitrogen and oxygen atoms in total. The van der Waals surface area contributed by atoms with Crippen LogP contribution in [0.3, 0.4) is 0 Å². The second-order valence-electron chi connectivity index (χ2n) is 7.63. The van der Waals surface area contributed by atoms with Gasteiger partial charge in [-0.15, -0.1) is 0 Å². The first-order chi connectivity index (χ1) is 14.2. The van der Waals surface area contributed by atoms with Crippen molar-refractivity contribution in [2.24, 2.45) is 0 Å². The third-order valence-corrected chi connectivity index (χ3v) is 5.91. The predicted octanol–water partition coefficient (Wildman–Crippen LogP) is 3.86. The molecule has 1 aromatic heterocycles. The van der Waals surface area contributed by atoms with Gasteiger partial charge in [0.2, 0.25) is 5.91 Å². The van der Waals surface area contributed by atoms with Crippen molar-refractivity contribution in [3.8, 4) is 0 Å². The highest BCUT2D eigenvalue weighted by atomic mass is 16.2. The second kappa shape index (κ2) is 7.24. The van der Waals surface area contributed by atoms with Crippen LogP contribution in [0.5, 0.6) is 0 Å². The fraction of sp³-hybridized carbons (Fsp3) is 0.250. The molecule has 29 heavy (non-hydrogen) atoms. The number of aromatic nitrogens is 1. The van der Waals surface area contributed by atoms with Crippen molar-refractivity contribution in [1.82, 2.24) is 9.47 Å². The summed E-state index contributed by atoms with van der Waals surface area (Å²) in [4.78, 5) is 29.2. The first-order valence-corrected chi connectivity index (χ1v) is 10.1. The molecule has 146 valence electrons. The van der Waals surface area contributed by atoms with E-state index in [-0.39, 0.29) is 17.9 Å². The van der Waals surface area contributed by atoms with Crippen LogP contribution in [-0.2, 0) is 11.3 Å². The maximum absolute atomic E-state index is 13.4. The molecular formula is C24H23N3O2. The minimum Gasteiger partial charge on any atom is -0.348 e. The molecule has 0 spiro atoms. The summed E-state index contributed by atoms with van der Waals surface area (Å²) in [6.07, 6.45) is 3.58. The second-order valence-corrected chi connectivity index (χ2v) is 7.63. The van der Waals surface area contributed by atoms with Crippen LogP contribution < -0.4 is 4.90 Å². The summed E-state index contributed by atoms with van der Waals surface area (Å²) in [6.45, 7) is 2.20. The molecule has 5 rings (SSSR count). The molecule has 0 radical (unpaired) electrons. The van der Waals surface area contributed by atoms with Crippen LogP contribution in [0.25, 0.3) is 0 Å². The molecule has 0 unspecified atom stereocenters. The molecule has 3 aromatic rings. The van der Waals surface area contributed by atoms with Crippen molar-refractivity contribution < 1.29 is 9.59 Å². The van der Waals surface area contributed by atoms with E-state index in [1.54, 1.807) is 4.90 Å². The molecule has 1 atom stereocenters. The SMILES string of the molecule is O=C1CCCN1c1ccc(C(=O)N2CCn3cccc3[C@H]2c2ccccc2)cc1. The van der Waals surface area contributed by atoms with Crippen molar-refractivity contribution >= 4 is 17.5 Å². The van der Waals surface area contributed by atoms with Gasteiger partial charge in [-0.05, 0) is 48.4 Å². The Labute approximate surface area is 170 Å². The Balaban J connectivity index is 1.46. The van der Waals surface area contributed by atoms with Crippen LogP contribution in [0.2, 0.25) is 0 Å². The first kappa shape index (κ1) is 17.7. The van der Waals surface area contributed by atoms with Crippen molar-refractivity contribution in [3.63, 3.8) is 0 Å². The zero-order valence-corrected chi connectivity index (χ0v) is 16.2. The lowest BCUT2D eigenvalue weighted by atomic mass is 9.99. The smallest absolute Gasteiger partial charge is 0.254 e. The van der Waals surface area contributed by atoms with E-state index in [0.717, 1.165) is 36.5 Å². The number of carbonyl (C=O) groups is 2. The number of carbonyl (C=O) groups excluding carboxylic acids is 2. The molecule has 2 aromatic carbocycles. The zero-order chi connectivity index (χ0) is 19.8. The molecule has 3 heterocycles. The number of fused-ring (bicyclic) bond motifs is 1. The molecule has 2 aliphatic heterocycles. The minimum absolute atomic E-state index is 0.0191. The highest BCUT2D eigenvalue weighted by molar-refractivity contribution is 5.98. The quantitative estimate of drug-likeness (QED) is 0.687. The van der Waals surface area contributed by atoms with E-state index in [9.17, 15) is 9.59 Å². The van der Waals surface area contributed by atoms with Gasteiger partial charge in [0.15, 0.2) is 0 Å². The maximum Gasteiger partial charge on any atom is 0.254 e. The van der Waals surface area contributed by atoms with Gasteiger partial charge in [-0.1, -0.05) is 30.3 Å². The van der Waals surface area contributed by atoms with Gasteiger partial charge in [0.1, 0.15) is 0 Å². The van der Waals surface area contributed by atoms with Gasteiger partial charge in [-0.3, -0.25) is 9.59 Å². The fourth-order valence-corrected chi connectivity index (χ4v) is 4.46. The van der Waals surface area contributed by atoms with Crippen LogP contribution in [0.4, 0.5) is 5.69 Å². The number of nitrogens with zero attached hydrogens (tertiary/aromatic N) is 3. The average Bonchev–Trinajstić information content (AvgIpc) is 3.42. The van der Waals surface area contributed by atoms with E-state index in [1.165, 1.54) is 0 Å². The highest BCUT2D eigenvalue weighted by Gasteiger charge is 2.32. The monoisotopic (exact) mass is 385 g/mol. The van der Waals surface area contributed by atoms with Crippen LogP contribution in [0.15, 0.2) is 72.9 Å². The summed E-state index contributed by atoms with van der Waals surface area (Å²) >= 11 is 0. The summed E-state index contributed by atoms with van der Waals surface area (Å²) in [5.41, 5.74) is 3.77. The van der Waals surface area contributed by atoms with Gasteiger partial charge >= 0.3 is 0 Å². The molecule has 0 saturated carbocycles. The van der Waals surface area contributed by atoms with E-state index in [0.29, 0.717) is 18.5 Å². The molecule has 0 aliphatic carbocycles. The third-order valence-electron chi connectivity index (χ3n) is 5.91. The van der Waals surface area contributed by atoms with Crippen molar-refractivity contribution in [3.05, 3.63) is 89.7 Å². The van der Waals surface area contributed by atoms with Gasteiger partial charge in [0, 0.05) is 49.2 Å². The lowest BCUT2D eigenvalue weighted by molar-refractivity contribution is -0.117. The van der Waals surface area contributed by atoms with Crippen molar-refractivity contribution in [2.45, 2.75) is 25.4 Å². The molecule has 1 fully saturated rings. The Bertz CT molecular complexity index is 1040. The number of rotatable bonds is 3. The Morgan fingerprint density at radius 3 is 2.38 bits per heavy atom. The lowest BCUT2D eigenvalue weighted by Gasteiger charge is -2.37. The number of hydrogen-bond donors (Lipinski definition) is 0. The Morgan fingerprint density at radius 1 is 0.862 bits per heavy atom. The van der Waals surface area contributed by atoms with Gasteiger partial charge in [-0.2, -0.15) is 0 Å². The Hall–Kier alpha value is -3.34. The van der Waals surface area contributed by atoms with Crippen molar-refractivity contribution in [1.29, 1.82) is 0 Å². The topological polar surface area (TPSA) is 45.6 Å². The fourth-order valence-electron chi connectivity index (χ4n) is 4.46. The molecule has 0 bridgehead atoms. The molecular weight excluding hydrogens is 362 g/mol. The van der Waals surface area contributed by atoms with Crippen molar-refractivity contribution in [2.75, 3.05) is 18.0 Å². The normalized spacial score (nSPS) is 18.8. The average molecular weight is 385 g/mol. The van der Waals surface area contributed by atoms with Crippen LogP contribution in [0.1, 0.15) is 40.5 Å². The molecule has 5 heteroatoms. The summed E-state index contributed by atoms with van der Waals surface area (Å²) in [5.74, 6) is 0.176. The molecule has 1 saturated heterocycles. The van der Waals surface area contributed by atoms with Crippen LogP contribution >= 0.6 is 0 Å². The predicted molar refractivity (Wildman–Crippen MR) is 112 cm³/mol. The summed E-state index contributed by atoms with van der Waals surface area (Å²) in [6, 6.07) is 21.7. The number of anilines is 1. The van der Waals surface area contributed by atoms with E-state index >= 15 is 0 Å². The zero-order valence-electron chi connectivity index (χ0n) is 16.2. The van der Waals surface area contributed by atoms with Gasteiger partial charge < -0.3 is 14.4 Å². The Kier molecular flexibility index (Phi) is 4.43. The molecule has 2 amide bonds. The minimum atomic E-state index is -0.104. The lowest BCUT2D eigenvalue weighted by Crippen LogP contribution is -2.42. The number of hydrogen-bond acceptors (Lipinski definition) is 2. The summed E-state index contributed by atoms with van der Waals surface area (Å²) in [7, 11) is 0. The highest BCUT2D eigenvalue weighted by Crippen LogP contribution is 2.33. The number of benzene rings is 2. The maximum atomic E-state index is 13.4. The van der Waals surface area contributed by atoms with Crippen LogP contribution in [0, 0.1) is 0 Å². The first-order valence-electron chi connectivity index (χ1n) is 10.1.